The van der Waals surface area contributed by atoms with Crippen LogP contribution < -0.4 is 5.32 Å². The molecule has 5 nitrogen and oxygen atoms in total. The van der Waals surface area contributed by atoms with Crippen LogP contribution in [0.2, 0.25) is 0 Å². The zero-order chi connectivity index (χ0) is 14.3. The summed E-state index contributed by atoms with van der Waals surface area (Å²) in [5, 5.41) is 3.48. The van der Waals surface area contributed by atoms with Crippen LogP contribution in [-0.2, 0) is 13.1 Å². The van der Waals surface area contributed by atoms with Crippen LogP contribution in [0, 0.1) is 0 Å². The van der Waals surface area contributed by atoms with Gasteiger partial charge in [0.05, 0.1) is 11.4 Å². The van der Waals surface area contributed by atoms with Crippen molar-refractivity contribution >= 4 is 0 Å². The summed E-state index contributed by atoms with van der Waals surface area (Å²) in [6.45, 7) is 3.89. The predicted octanol–water partition coefficient (Wildman–Crippen LogP) is 2.21. The van der Waals surface area contributed by atoms with Crippen molar-refractivity contribution in [2.75, 3.05) is 13.1 Å². The van der Waals surface area contributed by atoms with E-state index in [9.17, 15) is 0 Å². The minimum absolute atomic E-state index is 0.568. The second-order valence-corrected chi connectivity index (χ2v) is 5.54. The number of nitrogens with zero attached hydrogens (tertiary/aromatic N) is 3. The number of aromatic nitrogens is 2. The predicted molar refractivity (Wildman–Crippen MR) is 80.5 cm³/mol. The van der Waals surface area contributed by atoms with E-state index in [4.69, 9.17) is 4.42 Å². The molecular weight excluding hydrogens is 264 g/mol. The summed E-state index contributed by atoms with van der Waals surface area (Å²) in [7, 11) is 0. The first-order valence-corrected chi connectivity index (χ1v) is 7.63. The molecule has 2 aromatic rings. The molecule has 0 aliphatic carbocycles. The molecule has 5 heteroatoms. The lowest BCUT2D eigenvalue weighted by molar-refractivity contribution is 0.160. The van der Waals surface area contributed by atoms with Gasteiger partial charge < -0.3 is 9.73 Å². The van der Waals surface area contributed by atoms with Crippen molar-refractivity contribution < 1.29 is 4.42 Å². The van der Waals surface area contributed by atoms with Crippen LogP contribution in [0.3, 0.4) is 0 Å². The van der Waals surface area contributed by atoms with Gasteiger partial charge in [-0.05, 0) is 44.5 Å². The summed E-state index contributed by atoms with van der Waals surface area (Å²) in [4.78, 5) is 11.2. The van der Waals surface area contributed by atoms with Gasteiger partial charge in [0, 0.05) is 25.3 Å². The van der Waals surface area contributed by atoms with E-state index in [0.29, 0.717) is 6.04 Å². The minimum Gasteiger partial charge on any atom is -0.451 e. The lowest BCUT2D eigenvalue weighted by Gasteiger charge is -2.30. The molecule has 1 N–H and O–H groups in total. The van der Waals surface area contributed by atoms with Crippen molar-refractivity contribution in [3.05, 3.63) is 48.4 Å². The molecule has 0 bridgehead atoms. The molecule has 3 rings (SSSR count). The van der Waals surface area contributed by atoms with Crippen molar-refractivity contribution in [1.29, 1.82) is 0 Å². The van der Waals surface area contributed by atoms with E-state index in [-0.39, 0.29) is 0 Å². The SMILES string of the molecule is c1ccc(CN(Cc2cocn2)C2CCCNCC2)nc1. The Hall–Kier alpha value is -1.72. The molecule has 0 radical (unpaired) electrons. The van der Waals surface area contributed by atoms with Crippen LogP contribution in [0.25, 0.3) is 0 Å². The molecule has 0 saturated carbocycles. The third kappa shape index (κ3) is 4.12. The Bertz CT molecular complexity index is 506. The van der Waals surface area contributed by atoms with Crippen molar-refractivity contribution in [1.82, 2.24) is 20.2 Å². The van der Waals surface area contributed by atoms with E-state index >= 15 is 0 Å². The Morgan fingerprint density at radius 3 is 2.90 bits per heavy atom. The van der Waals surface area contributed by atoms with Crippen molar-refractivity contribution in [2.24, 2.45) is 0 Å². The molecule has 1 aliphatic heterocycles. The van der Waals surface area contributed by atoms with Crippen LogP contribution in [0.1, 0.15) is 30.7 Å². The molecule has 21 heavy (non-hydrogen) atoms. The molecule has 0 spiro atoms. The molecule has 1 aliphatic rings. The number of nitrogens with one attached hydrogen (secondary N) is 1. The highest BCUT2D eigenvalue weighted by molar-refractivity contribution is 5.04. The molecular formula is C16H22N4O. The Morgan fingerprint density at radius 2 is 2.10 bits per heavy atom. The average Bonchev–Trinajstić information content (AvgIpc) is 2.87. The second-order valence-electron chi connectivity index (χ2n) is 5.54. The Balaban J connectivity index is 1.72. The first kappa shape index (κ1) is 14.2. The number of hydrogen-bond donors (Lipinski definition) is 1. The van der Waals surface area contributed by atoms with Crippen molar-refractivity contribution in [2.45, 2.75) is 38.4 Å². The summed E-state index contributed by atoms with van der Waals surface area (Å²) >= 11 is 0. The highest BCUT2D eigenvalue weighted by Gasteiger charge is 2.21. The Morgan fingerprint density at radius 1 is 1.14 bits per heavy atom. The Labute approximate surface area is 125 Å². The zero-order valence-electron chi connectivity index (χ0n) is 12.2. The first-order chi connectivity index (χ1) is 10.4. The zero-order valence-corrected chi connectivity index (χ0v) is 12.2. The summed E-state index contributed by atoms with van der Waals surface area (Å²) < 4.78 is 5.11. The summed E-state index contributed by atoms with van der Waals surface area (Å²) in [6.07, 6.45) is 8.71. The molecule has 112 valence electrons. The summed E-state index contributed by atoms with van der Waals surface area (Å²) in [6, 6.07) is 6.66. The number of pyridine rings is 1. The summed E-state index contributed by atoms with van der Waals surface area (Å²) in [5.41, 5.74) is 2.10. The monoisotopic (exact) mass is 286 g/mol. The normalized spacial score (nSPS) is 19.6. The number of oxazole rings is 1. The maximum Gasteiger partial charge on any atom is 0.180 e. The minimum atomic E-state index is 0.568. The van der Waals surface area contributed by atoms with E-state index in [0.717, 1.165) is 37.6 Å². The molecule has 1 atom stereocenters. The lowest BCUT2D eigenvalue weighted by atomic mass is 10.1. The second kappa shape index (κ2) is 7.33. The third-order valence-corrected chi connectivity index (χ3v) is 4.00. The Kier molecular flexibility index (Phi) is 4.97. The fraction of sp³-hybridized carbons (Fsp3) is 0.500. The third-order valence-electron chi connectivity index (χ3n) is 4.00. The van der Waals surface area contributed by atoms with Gasteiger partial charge >= 0.3 is 0 Å². The highest BCUT2D eigenvalue weighted by Crippen LogP contribution is 2.18. The van der Waals surface area contributed by atoms with Gasteiger partial charge in [0.25, 0.3) is 0 Å². The van der Waals surface area contributed by atoms with Gasteiger partial charge in [0.2, 0.25) is 0 Å². The van der Waals surface area contributed by atoms with Gasteiger partial charge in [0.1, 0.15) is 6.26 Å². The van der Waals surface area contributed by atoms with E-state index in [1.807, 2.05) is 18.3 Å². The van der Waals surface area contributed by atoms with E-state index in [1.54, 1.807) is 6.26 Å². The average molecular weight is 286 g/mol. The van der Waals surface area contributed by atoms with Crippen molar-refractivity contribution in [3.8, 4) is 0 Å². The topological polar surface area (TPSA) is 54.2 Å². The van der Waals surface area contributed by atoms with Gasteiger partial charge in [-0.15, -0.1) is 0 Å². The van der Waals surface area contributed by atoms with Crippen LogP contribution in [-0.4, -0.2) is 34.0 Å². The summed E-state index contributed by atoms with van der Waals surface area (Å²) in [5.74, 6) is 0. The molecule has 0 amide bonds. The number of hydrogen-bond acceptors (Lipinski definition) is 5. The van der Waals surface area contributed by atoms with E-state index in [1.165, 1.54) is 25.7 Å². The van der Waals surface area contributed by atoms with Crippen LogP contribution in [0.4, 0.5) is 0 Å². The molecule has 1 fully saturated rings. The smallest absolute Gasteiger partial charge is 0.180 e. The van der Waals surface area contributed by atoms with Crippen LogP contribution in [0.15, 0.2) is 41.5 Å². The molecule has 2 aromatic heterocycles. The number of rotatable bonds is 5. The quantitative estimate of drug-likeness (QED) is 0.913. The standard InChI is InChI=1S/C16H22N4O/c1-2-8-18-14(4-1)10-20(11-15-12-21-13-19-15)16-5-3-7-17-9-6-16/h1-2,4,8,12-13,16-17H,3,5-7,9-11H2. The highest BCUT2D eigenvalue weighted by atomic mass is 16.3. The fourth-order valence-electron chi connectivity index (χ4n) is 2.90. The molecule has 1 unspecified atom stereocenters. The molecule has 0 aromatic carbocycles. The van der Waals surface area contributed by atoms with Gasteiger partial charge in [-0.3, -0.25) is 9.88 Å². The van der Waals surface area contributed by atoms with Crippen LogP contribution >= 0.6 is 0 Å². The van der Waals surface area contributed by atoms with Crippen LogP contribution in [0.5, 0.6) is 0 Å². The maximum absolute atomic E-state index is 5.11. The lowest BCUT2D eigenvalue weighted by Crippen LogP contribution is -2.35. The van der Waals surface area contributed by atoms with Gasteiger partial charge in [-0.1, -0.05) is 6.07 Å². The van der Waals surface area contributed by atoms with E-state index < -0.39 is 0 Å². The van der Waals surface area contributed by atoms with E-state index in [2.05, 4.69) is 26.3 Å². The van der Waals surface area contributed by atoms with Gasteiger partial charge in [-0.25, -0.2) is 4.98 Å². The fourth-order valence-corrected chi connectivity index (χ4v) is 2.90. The van der Waals surface area contributed by atoms with Crippen molar-refractivity contribution in [3.63, 3.8) is 0 Å². The first-order valence-electron chi connectivity index (χ1n) is 7.63. The maximum atomic E-state index is 5.11. The molecule has 1 saturated heterocycles. The van der Waals surface area contributed by atoms with Gasteiger partial charge in [0.15, 0.2) is 6.39 Å². The molecule has 3 heterocycles. The van der Waals surface area contributed by atoms with Gasteiger partial charge in [-0.2, -0.15) is 0 Å². The largest absolute Gasteiger partial charge is 0.451 e.